The maximum atomic E-state index is 12.4. The summed E-state index contributed by atoms with van der Waals surface area (Å²) in [5, 5.41) is 23.0. The number of carbonyl (C=O) groups excluding carboxylic acids is 2. The summed E-state index contributed by atoms with van der Waals surface area (Å²) in [4.78, 5) is 24.5. The molecule has 0 saturated heterocycles. The van der Waals surface area contributed by atoms with E-state index in [9.17, 15) is 19.8 Å². The van der Waals surface area contributed by atoms with Crippen molar-refractivity contribution >= 4 is 11.9 Å². The number of rotatable bonds is 57. The first-order valence-corrected chi connectivity index (χ1v) is 30.9. The minimum Gasteiger partial charge on any atom is -0.466 e. The Morgan fingerprint density at radius 2 is 0.714 bits per heavy atom. The van der Waals surface area contributed by atoms with Gasteiger partial charge in [-0.2, -0.15) is 0 Å². The molecule has 410 valence electrons. The molecule has 0 aliphatic carbocycles. The molecule has 6 heteroatoms. The van der Waals surface area contributed by atoms with Crippen LogP contribution in [0.15, 0.2) is 48.6 Å². The molecule has 0 spiro atoms. The maximum absolute atomic E-state index is 12.4. The highest BCUT2D eigenvalue weighted by molar-refractivity contribution is 5.76. The second-order valence-electron chi connectivity index (χ2n) is 21.0. The Labute approximate surface area is 436 Å². The summed E-state index contributed by atoms with van der Waals surface area (Å²) < 4.78 is 5.49. The van der Waals surface area contributed by atoms with Crippen LogP contribution in [0.25, 0.3) is 0 Å². The van der Waals surface area contributed by atoms with Gasteiger partial charge in [-0.15, -0.1) is 0 Å². The van der Waals surface area contributed by atoms with Gasteiger partial charge in [-0.1, -0.05) is 268 Å². The number of ether oxygens (including phenoxy) is 1. The minimum atomic E-state index is -0.845. The largest absolute Gasteiger partial charge is 0.466 e. The van der Waals surface area contributed by atoms with Crippen LogP contribution in [0.3, 0.4) is 0 Å². The van der Waals surface area contributed by atoms with Gasteiger partial charge in [0.15, 0.2) is 0 Å². The predicted molar refractivity (Wildman–Crippen MR) is 306 cm³/mol. The zero-order valence-corrected chi connectivity index (χ0v) is 46.7. The number of aliphatic hydroxyl groups excluding tert-OH is 2. The molecule has 1 amide bonds. The van der Waals surface area contributed by atoms with Gasteiger partial charge in [0.1, 0.15) is 0 Å². The van der Waals surface area contributed by atoms with Crippen LogP contribution >= 0.6 is 0 Å². The fourth-order valence-electron chi connectivity index (χ4n) is 9.31. The van der Waals surface area contributed by atoms with Gasteiger partial charge in [-0.3, -0.25) is 9.59 Å². The van der Waals surface area contributed by atoms with Crippen LogP contribution in [-0.2, 0) is 14.3 Å². The monoisotopic (exact) mass is 982 g/mol. The molecule has 0 aliphatic heterocycles. The normalized spacial score (nSPS) is 12.9. The van der Waals surface area contributed by atoms with Gasteiger partial charge in [-0.25, -0.2) is 0 Å². The van der Waals surface area contributed by atoms with Crippen molar-refractivity contribution in [2.24, 2.45) is 0 Å². The smallest absolute Gasteiger partial charge is 0.305 e. The standard InChI is InChI=1S/C64H119NO5/c1-3-5-7-9-11-13-15-16-17-18-29-32-35-38-42-46-50-54-58-64(69)70-59-55-51-47-43-39-36-33-30-27-25-23-21-19-20-22-24-26-28-31-34-37-41-45-49-53-57-63(68)65-61(60-66)62(67)56-52-48-44-40-14-12-10-8-6-4-2/h13,15,17-18,20,22,52,56,61-62,66-67H,3-12,14,16,19,21,23-51,53-55,57-60H2,1-2H3,(H,65,68)/b15-13-,18-17-,22-20-,56-52+. The summed E-state index contributed by atoms with van der Waals surface area (Å²) in [6.07, 6.45) is 75.9. The van der Waals surface area contributed by atoms with Gasteiger partial charge >= 0.3 is 5.97 Å². The van der Waals surface area contributed by atoms with Crippen molar-refractivity contribution in [2.75, 3.05) is 13.2 Å². The lowest BCUT2D eigenvalue weighted by Crippen LogP contribution is -2.45. The Hall–Kier alpha value is -2.18. The van der Waals surface area contributed by atoms with Crippen LogP contribution in [0.5, 0.6) is 0 Å². The average Bonchev–Trinajstić information content (AvgIpc) is 3.36. The molecule has 2 atom stereocenters. The molecule has 0 aromatic rings. The lowest BCUT2D eigenvalue weighted by Gasteiger charge is -2.20. The summed E-state index contributed by atoms with van der Waals surface area (Å²) in [5.74, 6) is -0.0680. The zero-order chi connectivity index (χ0) is 50.7. The molecule has 0 bridgehead atoms. The first kappa shape index (κ1) is 67.8. The first-order valence-electron chi connectivity index (χ1n) is 30.9. The number of nitrogens with one attached hydrogen (secondary N) is 1. The number of aliphatic hydroxyl groups is 2. The average molecular weight is 983 g/mol. The highest BCUT2D eigenvalue weighted by atomic mass is 16.5. The summed E-state index contributed by atoms with van der Waals surface area (Å²) in [7, 11) is 0. The van der Waals surface area contributed by atoms with E-state index in [1.165, 1.54) is 244 Å². The topological polar surface area (TPSA) is 95.9 Å². The molecule has 6 nitrogen and oxygen atoms in total. The highest BCUT2D eigenvalue weighted by Gasteiger charge is 2.18. The van der Waals surface area contributed by atoms with Crippen LogP contribution in [0.1, 0.15) is 322 Å². The molecule has 0 fully saturated rings. The molecular weight excluding hydrogens is 863 g/mol. The van der Waals surface area contributed by atoms with E-state index >= 15 is 0 Å². The zero-order valence-electron chi connectivity index (χ0n) is 46.7. The van der Waals surface area contributed by atoms with Crippen LogP contribution in [-0.4, -0.2) is 47.4 Å². The number of unbranched alkanes of at least 4 members (excludes halogenated alkanes) is 40. The van der Waals surface area contributed by atoms with Crippen LogP contribution in [0.4, 0.5) is 0 Å². The third-order valence-electron chi connectivity index (χ3n) is 14.1. The van der Waals surface area contributed by atoms with Gasteiger partial charge in [0, 0.05) is 12.8 Å². The summed E-state index contributed by atoms with van der Waals surface area (Å²) in [6, 6.07) is -0.629. The molecule has 2 unspecified atom stereocenters. The minimum absolute atomic E-state index is 0.00522. The molecule has 3 N–H and O–H groups in total. The summed E-state index contributed by atoms with van der Waals surface area (Å²) in [6.45, 7) is 4.87. The lowest BCUT2D eigenvalue weighted by molar-refractivity contribution is -0.143. The molecule has 0 heterocycles. The van der Waals surface area contributed by atoms with E-state index in [2.05, 4.69) is 55.6 Å². The van der Waals surface area contributed by atoms with Crippen molar-refractivity contribution in [3.05, 3.63) is 48.6 Å². The van der Waals surface area contributed by atoms with Gasteiger partial charge in [0.2, 0.25) is 5.91 Å². The Morgan fingerprint density at radius 3 is 1.11 bits per heavy atom. The van der Waals surface area contributed by atoms with E-state index in [1.54, 1.807) is 6.08 Å². The van der Waals surface area contributed by atoms with Crippen molar-refractivity contribution in [3.8, 4) is 0 Å². The van der Waals surface area contributed by atoms with Crippen molar-refractivity contribution in [2.45, 2.75) is 334 Å². The van der Waals surface area contributed by atoms with Crippen LogP contribution in [0.2, 0.25) is 0 Å². The van der Waals surface area contributed by atoms with Gasteiger partial charge in [0.05, 0.1) is 25.4 Å². The number of amides is 1. The van der Waals surface area contributed by atoms with Crippen LogP contribution < -0.4 is 5.32 Å². The van der Waals surface area contributed by atoms with Crippen LogP contribution in [0, 0.1) is 0 Å². The van der Waals surface area contributed by atoms with Crippen molar-refractivity contribution in [3.63, 3.8) is 0 Å². The molecule has 0 aromatic carbocycles. The molecule has 0 aromatic heterocycles. The molecule has 0 radical (unpaired) electrons. The third-order valence-corrected chi connectivity index (χ3v) is 14.1. The Balaban J connectivity index is 3.39. The van der Waals surface area contributed by atoms with Crippen molar-refractivity contribution in [1.29, 1.82) is 0 Å². The van der Waals surface area contributed by atoms with E-state index < -0.39 is 12.1 Å². The molecule has 0 aliphatic rings. The van der Waals surface area contributed by atoms with Gasteiger partial charge in [-0.05, 0) is 89.9 Å². The SMILES string of the molecule is CCCCCC/C=C\C/C=C\CCCCCCCCCC(=O)OCCCCCCCCCCCCCC/C=C\CCCCCCCCCCCC(=O)NC(CO)C(O)/C=C/CCCCCCCCCC. The Bertz CT molecular complexity index is 1180. The third kappa shape index (κ3) is 55.1. The van der Waals surface area contributed by atoms with E-state index in [1.807, 2.05) is 6.08 Å². The number of hydrogen-bond acceptors (Lipinski definition) is 5. The quantitative estimate of drug-likeness (QED) is 0.0321. The van der Waals surface area contributed by atoms with E-state index in [4.69, 9.17) is 4.74 Å². The fourth-order valence-corrected chi connectivity index (χ4v) is 9.31. The van der Waals surface area contributed by atoms with Gasteiger partial charge in [0.25, 0.3) is 0 Å². The van der Waals surface area contributed by atoms with E-state index in [-0.39, 0.29) is 18.5 Å². The Morgan fingerprint density at radius 1 is 0.400 bits per heavy atom. The summed E-state index contributed by atoms with van der Waals surface area (Å²) in [5.41, 5.74) is 0. The maximum Gasteiger partial charge on any atom is 0.305 e. The summed E-state index contributed by atoms with van der Waals surface area (Å²) >= 11 is 0. The molecule has 0 rings (SSSR count). The van der Waals surface area contributed by atoms with Gasteiger partial charge < -0.3 is 20.3 Å². The predicted octanol–water partition coefficient (Wildman–Crippen LogP) is 19.4. The van der Waals surface area contributed by atoms with E-state index in [0.717, 1.165) is 51.4 Å². The second kappa shape index (κ2) is 59.4. The Kier molecular flexibility index (Phi) is 57.5. The first-order chi connectivity index (χ1) is 34.5. The van der Waals surface area contributed by atoms with E-state index in [0.29, 0.717) is 19.4 Å². The number of hydrogen-bond donors (Lipinski definition) is 3. The fraction of sp³-hybridized carbons (Fsp3) is 0.844. The number of esters is 1. The molecule has 70 heavy (non-hydrogen) atoms. The van der Waals surface area contributed by atoms with Crippen molar-refractivity contribution < 1.29 is 24.5 Å². The second-order valence-corrected chi connectivity index (χ2v) is 21.0. The van der Waals surface area contributed by atoms with Crippen molar-refractivity contribution in [1.82, 2.24) is 5.32 Å². The number of allylic oxidation sites excluding steroid dienone is 7. The highest BCUT2D eigenvalue weighted by Crippen LogP contribution is 2.16. The molecule has 0 saturated carbocycles. The number of carbonyl (C=O) groups is 2. The molecular formula is C64H119NO5. The lowest BCUT2D eigenvalue weighted by atomic mass is 10.0.